The summed E-state index contributed by atoms with van der Waals surface area (Å²) in [6.45, 7) is 4.66. The van der Waals surface area contributed by atoms with E-state index in [1.165, 1.54) is 16.7 Å². The number of halogens is 2. The minimum Gasteiger partial charge on any atom is -0.331 e. The maximum absolute atomic E-state index is 12.7. The van der Waals surface area contributed by atoms with Crippen molar-refractivity contribution < 1.29 is 9.69 Å². The summed E-state index contributed by atoms with van der Waals surface area (Å²) in [7, 11) is 4.23. The highest BCUT2D eigenvalue weighted by atomic mass is 35.5. The van der Waals surface area contributed by atoms with Gasteiger partial charge in [0.2, 0.25) is 5.91 Å². The fourth-order valence-electron chi connectivity index (χ4n) is 3.51. The number of rotatable bonds is 9. The van der Waals surface area contributed by atoms with Crippen molar-refractivity contribution in [3.63, 3.8) is 0 Å². The Kier molecular flexibility index (Phi) is 8.59. The highest BCUT2D eigenvalue weighted by Crippen LogP contribution is 2.33. The SMILES string of the molecule is CC[C@H](c1nnc(SCC(=O)Nc2c(Cl)ccc(C)c2Cl)n1Cc1ccccc1)[NH+](C)C. The van der Waals surface area contributed by atoms with E-state index in [0.717, 1.165) is 23.4 Å². The summed E-state index contributed by atoms with van der Waals surface area (Å²) in [6.07, 6.45) is 0.935. The second kappa shape index (κ2) is 11.2. The Labute approximate surface area is 203 Å². The van der Waals surface area contributed by atoms with Crippen LogP contribution in [0.5, 0.6) is 0 Å². The molecule has 170 valence electrons. The second-order valence-electron chi connectivity index (χ2n) is 7.84. The Morgan fingerprint density at radius 1 is 1.16 bits per heavy atom. The van der Waals surface area contributed by atoms with Crippen LogP contribution >= 0.6 is 35.0 Å². The number of aryl methyl sites for hydroxylation is 1. The monoisotopic (exact) mass is 492 g/mol. The van der Waals surface area contributed by atoms with E-state index < -0.39 is 0 Å². The molecule has 0 radical (unpaired) electrons. The quantitative estimate of drug-likeness (QED) is 0.437. The molecule has 6 nitrogen and oxygen atoms in total. The molecule has 0 saturated carbocycles. The Hall–Kier alpha value is -2.06. The molecule has 1 atom stereocenters. The van der Waals surface area contributed by atoms with E-state index in [2.05, 4.69) is 53.2 Å². The molecule has 0 aliphatic carbocycles. The topological polar surface area (TPSA) is 64.2 Å². The predicted octanol–water partition coefficient (Wildman–Crippen LogP) is 4.27. The zero-order valence-corrected chi connectivity index (χ0v) is 21.0. The molecule has 1 amide bonds. The van der Waals surface area contributed by atoms with Gasteiger partial charge in [-0.15, -0.1) is 10.2 Å². The second-order valence-corrected chi connectivity index (χ2v) is 9.57. The van der Waals surface area contributed by atoms with Crippen molar-refractivity contribution in [2.45, 2.75) is 38.0 Å². The summed E-state index contributed by atoms with van der Waals surface area (Å²) in [5.41, 5.74) is 2.44. The molecule has 2 N–H and O–H groups in total. The van der Waals surface area contributed by atoms with E-state index in [-0.39, 0.29) is 17.7 Å². The normalized spacial score (nSPS) is 12.2. The van der Waals surface area contributed by atoms with Crippen LogP contribution in [0.15, 0.2) is 47.6 Å². The average Bonchev–Trinajstić information content (AvgIpc) is 3.15. The number of aromatic nitrogens is 3. The summed E-state index contributed by atoms with van der Waals surface area (Å²) < 4.78 is 2.11. The van der Waals surface area contributed by atoms with Gasteiger partial charge in [-0.3, -0.25) is 9.36 Å². The lowest BCUT2D eigenvalue weighted by atomic mass is 10.2. The molecule has 3 rings (SSSR count). The number of hydrogen-bond acceptors (Lipinski definition) is 4. The van der Waals surface area contributed by atoms with E-state index in [1.54, 1.807) is 6.07 Å². The molecule has 1 heterocycles. The number of nitrogens with zero attached hydrogens (tertiary/aromatic N) is 3. The molecule has 0 aliphatic rings. The number of carbonyl (C=O) groups is 1. The van der Waals surface area contributed by atoms with E-state index in [4.69, 9.17) is 23.2 Å². The summed E-state index contributed by atoms with van der Waals surface area (Å²) in [5, 5.41) is 13.3. The van der Waals surface area contributed by atoms with Crippen molar-refractivity contribution in [3.8, 4) is 0 Å². The molecule has 0 bridgehead atoms. The number of carbonyl (C=O) groups excluding carboxylic acids is 1. The summed E-state index contributed by atoms with van der Waals surface area (Å²) in [4.78, 5) is 13.9. The van der Waals surface area contributed by atoms with Gasteiger partial charge in [0, 0.05) is 6.42 Å². The van der Waals surface area contributed by atoms with Gasteiger partial charge < -0.3 is 10.2 Å². The van der Waals surface area contributed by atoms with Gasteiger partial charge in [-0.1, -0.05) is 78.3 Å². The van der Waals surface area contributed by atoms with Crippen LogP contribution < -0.4 is 10.2 Å². The van der Waals surface area contributed by atoms with E-state index >= 15 is 0 Å². The van der Waals surface area contributed by atoms with Gasteiger partial charge in [0.25, 0.3) is 0 Å². The summed E-state index contributed by atoms with van der Waals surface area (Å²) in [5.74, 6) is 0.883. The molecule has 0 unspecified atom stereocenters. The van der Waals surface area contributed by atoms with Crippen molar-refractivity contribution in [1.82, 2.24) is 14.8 Å². The standard InChI is InChI=1S/C23H27Cl2N5OS/c1-5-18(29(3)4)22-27-28-23(30(22)13-16-9-7-6-8-10-16)32-14-19(31)26-21-17(24)12-11-15(2)20(21)25/h6-12,18H,5,13-14H2,1-4H3,(H,26,31)/p+1/t18-/m1/s1. The zero-order valence-electron chi connectivity index (χ0n) is 18.7. The number of thioether (sulfide) groups is 1. The lowest BCUT2D eigenvalue weighted by Crippen LogP contribution is -3.06. The highest BCUT2D eigenvalue weighted by Gasteiger charge is 2.25. The van der Waals surface area contributed by atoms with Gasteiger partial charge in [0.15, 0.2) is 11.0 Å². The van der Waals surface area contributed by atoms with Crippen molar-refractivity contribution in [2.24, 2.45) is 0 Å². The maximum atomic E-state index is 12.7. The molecule has 32 heavy (non-hydrogen) atoms. The smallest absolute Gasteiger partial charge is 0.234 e. The molecular formula is C23H28Cl2N5OS+. The third-order valence-electron chi connectivity index (χ3n) is 5.23. The number of amides is 1. The molecule has 2 aromatic carbocycles. The zero-order chi connectivity index (χ0) is 23.3. The first kappa shape index (κ1) is 24.6. The fraction of sp³-hybridized carbons (Fsp3) is 0.348. The molecule has 0 fully saturated rings. The van der Waals surface area contributed by atoms with Gasteiger partial charge in [-0.25, -0.2) is 0 Å². The number of hydrogen-bond donors (Lipinski definition) is 2. The van der Waals surface area contributed by atoms with Crippen molar-refractivity contribution >= 4 is 46.6 Å². The third-order valence-corrected chi connectivity index (χ3v) is 7.00. The summed E-state index contributed by atoms with van der Waals surface area (Å²) >= 11 is 13.9. The Bertz CT molecular complexity index is 1070. The van der Waals surface area contributed by atoms with Gasteiger partial charge >= 0.3 is 0 Å². The number of benzene rings is 2. The number of quaternary nitrogens is 1. The lowest BCUT2D eigenvalue weighted by Gasteiger charge is -2.20. The summed E-state index contributed by atoms with van der Waals surface area (Å²) in [6, 6.07) is 13.9. The number of nitrogens with one attached hydrogen (secondary N) is 2. The van der Waals surface area contributed by atoms with E-state index in [1.807, 2.05) is 31.2 Å². The van der Waals surface area contributed by atoms with Gasteiger partial charge in [0.1, 0.15) is 6.04 Å². The van der Waals surface area contributed by atoms with Crippen LogP contribution in [0.2, 0.25) is 10.0 Å². The van der Waals surface area contributed by atoms with Gasteiger partial charge in [-0.05, 0) is 24.1 Å². The lowest BCUT2D eigenvalue weighted by molar-refractivity contribution is -0.893. The highest BCUT2D eigenvalue weighted by molar-refractivity contribution is 7.99. The molecule has 1 aromatic heterocycles. The van der Waals surface area contributed by atoms with Gasteiger partial charge in [0.05, 0.1) is 42.1 Å². The Morgan fingerprint density at radius 3 is 2.53 bits per heavy atom. The largest absolute Gasteiger partial charge is 0.331 e. The van der Waals surface area contributed by atoms with Crippen LogP contribution in [0.4, 0.5) is 5.69 Å². The first-order chi connectivity index (χ1) is 15.3. The first-order valence-electron chi connectivity index (χ1n) is 10.5. The van der Waals surface area contributed by atoms with Crippen molar-refractivity contribution in [2.75, 3.05) is 25.2 Å². The molecule has 3 aromatic rings. The molecule has 0 saturated heterocycles. The first-order valence-corrected chi connectivity index (χ1v) is 12.2. The fourth-order valence-corrected chi connectivity index (χ4v) is 4.72. The molecule has 0 spiro atoms. The third kappa shape index (κ3) is 5.84. The molecule has 9 heteroatoms. The van der Waals surface area contributed by atoms with E-state index in [0.29, 0.717) is 27.4 Å². The van der Waals surface area contributed by atoms with Crippen LogP contribution in [-0.4, -0.2) is 40.5 Å². The van der Waals surface area contributed by atoms with Crippen molar-refractivity contribution in [3.05, 3.63) is 69.5 Å². The number of anilines is 1. The Morgan fingerprint density at radius 2 is 1.88 bits per heavy atom. The van der Waals surface area contributed by atoms with Crippen LogP contribution in [0.3, 0.4) is 0 Å². The van der Waals surface area contributed by atoms with Crippen LogP contribution in [-0.2, 0) is 11.3 Å². The van der Waals surface area contributed by atoms with Crippen LogP contribution in [0.25, 0.3) is 0 Å². The van der Waals surface area contributed by atoms with Crippen molar-refractivity contribution in [1.29, 1.82) is 0 Å². The molecule has 0 aliphatic heterocycles. The van der Waals surface area contributed by atoms with E-state index in [9.17, 15) is 4.79 Å². The van der Waals surface area contributed by atoms with Crippen LogP contribution in [0.1, 0.15) is 36.3 Å². The predicted molar refractivity (Wildman–Crippen MR) is 132 cm³/mol. The van der Waals surface area contributed by atoms with Crippen LogP contribution in [0, 0.1) is 6.92 Å². The minimum absolute atomic E-state index is 0.166. The maximum Gasteiger partial charge on any atom is 0.234 e. The average molecular weight is 493 g/mol. The minimum atomic E-state index is -0.203. The van der Waals surface area contributed by atoms with Gasteiger partial charge in [-0.2, -0.15) is 0 Å². The molecular weight excluding hydrogens is 465 g/mol. The Balaban J connectivity index is 1.81.